The van der Waals surface area contributed by atoms with Gasteiger partial charge in [-0.1, -0.05) is 27.5 Å². The van der Waals surface area contributed by atoms with Crippen molar-refractivity contribution in [2.24, 2.45) is 0 Å². The van der Waals surface area contributed by atoms with Gasteiger partial charge in [0.1, 0.15) is 12.3 Å². The van der Waals surface area contributed by atoms with Crippen molar-refractivity contribution in [3.63, 3.8) is 0 Å². The smallest absolute Gasteiger partial charge is 0.405 e. The number of ether oxygens (including phenoxy) is 1. The first-order chi connectivity index (χ1) is 8.28. The Morgan fingerprint density at radius 2 is 2.11 bits per heavy atom. The number of benzene rings is 1. The molecule has 0 radical (unpaired) electrons. The van der Waals surface area contributed by atoms with Crippen molar-refractivity contribution in [1.29, 1.82) is 0 Å². The van der Waals surface area contributed by atoms with Gasteiger partial charge in [0.2, 0.25) is 0 Å². The van der Waals surface area contributed by atoms with Crippen molar-refractivity contribution in [2.45, 2.75) is 6.18 Å². The van der Waals surface area contributed by atoms with Crippen LogP contribution in [0.5, 0.6) is 5.75 Å². The molecule has 1 aromatic carbocycles. The Hall–Kier alpha value is -0.950. The predicted octanol–water partition coefficient (Wildman–Crippen LogP) is 3.16. The number of alkyl halides is 3. The van der Waals surface area contributed by atoms with Crippen LogP contribution >= 0.6 is 27.5 Å². The summed E-state index contributed by atoms with van der Waals surface area (Å²) in [6.45, 7) is -1.92. The van der Waals surface area contributed by atoms with Gasteiger partial charge in [0, 0.05) is 4.47 Å². The van der Waals surface area contributed by atoms with E-state index in [1.807, 2.05) is 0 Å². The van der Waals surface area contributed by atoms with Crippen LogP contribution in [0.25, 0.3) is 0 Å². The van der Waals surface area contributed by atoms with Gasteiger partial charge in [0.05, 0.1) is 5.02 Å². The van der Waals surface area contributed by atoms with Crippen molar-refractivity contribution in [1.82, 2.24) is 5.32 Å². The van der Waals surface area contributed by atoms with E-state index in [0.717, 1.165) is 0 Å². The minimum Gasteiger partial charge on any atom is -0.482 e. The number of halogens is 5. The van der Waals surface area contributed by atoms with Gasteiger partial charge in [0.25, 0.3) is 5.91 Å². The normalized spacial score (nSPS) is 11.2. The maximum absolute atomic E-state index is 11.8. The number of rotatable bonds is 4. The quantitative estimate of drug-likeness (QED) is 0.909. The molecule has 0 fully saturated rings. The SMILES string of the molecule is O=C(COc1cc(Br)ccc1Cl)NCC(F)(F)F. The molecule has 1 aromatic rings. The van der Waals surface area contributed by atoms with Gasteiger partial charge in [-0.3, -0.25) is 4.79 Å². The van der Waals surface area contributed by atoms with E-state index in [9.17, 15) is 18.0 Å². The summed E-state index contributed by atoms with van der Waals surface area (Å²) in [6, 6.07) is 4.72. The Morgan fingerprint density at radius 1 is 1.44 bits per heavy atom. The lowest BCUT2D eigenvalue weighted by molar-refractivity contribution is -0.139. The lowest BCUT2D eigenvalue weighted by Crippen LogP contribution is -2.36. The van der Waals surface area contributed by atoms with Crippen LogP contribution in [-0.4, -0.2) is 25.2 Å². The van der Waals surface area contributed by atoms with Crippen LogP contribution in [0.2, 0.25) is 5.02 Å². The Bertz CT molecular complexity index is 440. The van der Waals surface area contributed by atoms with Crippen LogP contribution < -0.4 is 10.1 Å². The second-order valence-corrected chi connectivity index (χ2v) is 4.58. The second-order valence-electron chi connectivity index (χ2n) is 3.26. The highest BCUT2D eigenvalue weighted by atomic mass is 79.9. The zero-order valence-corrected chi connectivity index (χ0v) is 11.2. The van der Waals surface area contributed by atoms with Crippen LogP contribution in [0, 0.1) is 0 Å². The summed E-state index contributed by atoms with van der Waals surface area (Å²) < 4.78 is 41.1. The summed E-state index contributed by atoms with van der Waals surface area (Å²) in [4.78, 5) is 11.1. The van der Waals surface area contributed by atoms with Gasteiger partial charge in [-0.05, 0) is 18.2 Å². The maximum Gasteiger partial charge on any atom is 0.405 e. The molecule has 0 unspecified atom stereocenters. The Kier molecular flexibility index (Phi) is 5.28. The van der Waals surface area contributed by atoms with E-state index in [-0.39, 0.29) is 10.8 Å². The van der Waals surface area contributed by atoms with Crippen molar-refractivity contribution in [3.8, 4) is 5.75 Å². The van der Waals surface area contributed by atoms with Gasteiger partial charge in [0.15, 0.2) is 6.61 Å². The molecular formula is C10H8BrClF3NO2. The summed E-state index contributed by atoms with van der Waals surface area (Å²) in [5.74, 6) is -0.656. The summed E-state index contributed by atoms with van der Waals surface area (Å²) >= 11 is 8.94. The van der Waals surface area contributed by atoms with Crippen LogP contribution in [0.3, 0.4) is 0 Å². The van der Waals surface area contributed by atoms with E-state index in [1.54, 1.807) is 11.4 Å². The molecule has 0 atom stereocenters. The Morgan fingerprint density at radius 3 is 2.72 bits per heavy atom. The zero-order valence-electron chi connectivity index (χ0n) is 8.85. The third-order valence-electron chi connectivity index (χ3n) is 1.74. The van der Waals surface area contributed by atoms with E-state index in [1.165, 1.54) is 12.1 Å². The second kappa shape index (κ2) is 6.29. The molecule has 18 heavy (non-hydrogen) atoms. The molecule has 0 saturated heterocycles. The van der Waals surface area contributed by atoms with Gasteiger partial charge >= 0.3 is 6.18 Å². The van der Waals surface area contributed by atoms with Crippen LogP contribution in [-0.2, 0) is 4.79 Å². The topological polar surface area (TPSA) is 38.3 Å². The summed E-state index contributed by atoms with van der Waals surface area (Å²) in [6.07, 6.45) is -4.44. The van der Waals surface area contributed by atoms with E-state index >= 15 is 0 Å². The lowest BCUT2D eigenvalue weighted by Gasteiger charge is -2.10. The van der Waals surface area contributed by atoms with Crippen LogP contribution in [0.1, 0.15) is 0 Å². The summed E-state index contributed by atoms with van der Waals surface area (Å²) in [5.41, 5.74) is 0. The molecule has 0 saturated carbocycles. The number of carbonyl (C=O) groups is 1. The summed E-state index contributed by atoms with van der Waals surface area (Å²) in [7, 11) is 0. The molecule has 1 N–H and O–H groups in total. The van der Waals surface area contributed by atoms with Crippen molar-refractivity contribution >= 4 is 33.4 Å². The minimum absolute atomic E-state index is 0.216. The van der Waals surface area contributed by atoms with E-state index in [0.29, 0.717) is 4.47 Å². The van der Waals surface area contributed by atoms with Crippen LogP contribution in [0.15, 0.2) is 22.7 Å². The molecular weight excluding hydrogens is 338 g/mol. The van der Waals surface area contributed by atoms with Crippen molar-refractivity contribution in [3.05, 3.63) is 27.7 Å². The molecule has 0 aliphatic carbocycles. The number of hydrogen-bond donors (Lipinski definition) is 1. The molecule has 0 spiro atoms. The Balaban J connectivity index is 2.45. The molecule has 0 aromatic heterocycles. The van der Waals surface area contributed by atoms with Crippen molar-refractivity contribution in [2.75, 3.05) is 13.2 Å². The van der Waals surface area contributed by atoms with Gasteiger partial charge in [-0.25, -0.2) is 0 Å². The van der Waals surface area contributed by atoms with Crippen molar-refractivity contribution < 1.29 is 22.7 Å². The molecule has 0 aliphatic heterocycles. The predicted molar refractivity (Wildman–Crippen MR) is 63.7 cm³/mol. The third kappa shape index (κ3) is 5.59. The number of amides is 1. The molecule has 0 bridgehead atoms. The first kappa shape index (κ1) is 15.1. The first-order valence-electron chi connectivity index (χ1n) is 4.69. The van der Waals surface area contributed by atoms with E-state index < -0.39 is 25.2 Å². The number of carbonyl (C=O) groups excluding carboxylic acids is 1. The molecule has 1 rings (SSSR count). The molecule has 0 heterocycles. The van der Waals surface area contributed by atoms with E-state index in [4.69, 9.17) is 16.3 Å². The van der Waals surface area contributed by atoms with E-state index in [2.05, 4.69) is 15.9 Å². The molecule has 8 heteroatoms. The first-order valence-corrected chi connectivity index (χ1v) is 5.86. The lowest BCUT2D eigenvalue weighted by atomic mass is 10.3. The third-order valence-corrected chi connectivity index (χ3v) is 2.54. The maximum atomic E-state index is 11.8. The highest BCUT2D eigenvalue weighted by Crippen LogP contribution is 2.27. The summed E-state index contributed by atoms with van der Waals surface area (Å²) in [5, 5.41) is 1.95. The largest absolute Gasteiger partial charge is 0.482 e. The minimum atomic E-state index is -4.44. The Labute approximate surface area is 114 Å². The zero-order chi connectivity index (χ0) is 13.8. The standard InChI is InChI=1S/C10H8BrClF3NO2/c11-6-1-2-7(12)8(3-6)18-4-9(17)16-5-10(13,14)15/h1-3H,4-5H2,(H,16,17). The number of hydrogen-bond acceptors (Lipinski definition) is 2. The highest BCUT2D eigenvalue weighted by molar-refractivity contribution is 9.10. The molecule has 100 valence electrons. The molecule has 1 amide bonds. The number of nitrogens with one attached hydrogen (secondary N) is 1. The van der Waals surface area contributed by atoms with Gasteiger partial charge in [-0.2, -0.15) is 13.2 Å². The molecule has 3 nitrogen and oxygen atoms in total. The monoisotopic (exact) mass is 345 g/mol. The fourth-order valence-corrected chi connectivity index (χ4v) is 1.49. The van der Waals surface area contributed by atoms with Gasteiger partial charge in [-0.15, -0.1) is 0 Å². The fourth-order valence-electron chi connectivity index (χ4n) is 0.981. The highest BCUT2D eigenvalue weighted by Gasteiger charge is 2.27. The average molecular weight is 347 g/mol. The van der Waals surface area contributed by atoms with Gasteiger partial charge < -0.3 is 10.1 Å². The molecule has 0 aliphatic rings. The average Bonchev–Trinajstić information content (AvgIpc) is 2.26. The van der Waals surface area contributed by atoms with Crippen LogP contribution in [0.4, 0.5) is 13.2 Å². The fraction of sp³-hybridized carbons (Fsp3) is 0.300.